The number of benzene rings is 9. The molecule has 0 saturated carbocycles. The van der Waals surface area contributed by atoms with Gasteiger partial charge in [-0.15, -0.1) is 0 Å². The number of furan rings is 1. The highest BCUT2D eigenvalue weighted by Gasteiger charge is 2.21. The topological polar surface area (TPSA) is 21.3 Å². The van der Waals surface area contributed by atoms with Crippen molar-refractivity contribution in [1.82, 2.24) is 4.57 Å². The molecule has 0 spiro atoms. The predicted molar refractivity (Wildman–Crippen MR) is 223 cm³/mol. The van der Waals surface area contributed by atoms with Gasteiger partial charge in [0.25, 0.3) is 0 Å². The molecule has 0 N–H and O–H groups in total. The Kier molecular flexibility index (Phi) is 6.55. The summed E-state index contributed by atoms with van der Waals surface area (Å²) in [5, 5.41) is 9.39. The molecule has 0 aliphatic rings. The minimum Gasteiger partial charge on any atom is -0.456 e. The maximum absolute atomic E-state index is 6.48. The molecule has 53 heavy (non-hydrogen) atoms. The van der Waals surface area contributed by atoms with Gasteiger partial charge in [-0.2, -0.15) is 0 Å². The molecular weight excluding hydrogens is 645 g/mol. The lowest BCUT2D eigenvalue weighted by Crippen LogP contribution is -2.11. The van der Waals surface area contributed by atoms with E-state index in [0.29, 0.717) is 0 Å². The third-order valence-corrected chi connectivity index (χ3v) is 10.7. The van der Waals surface area contributed by atoms with Crippen LogP contribution in [0, 0.1) is 0 Å². The molecule has 0 aliphatic heterocycles. The van der Waals surface area contributed by atoms with Gasteiger partial charge in [-0.1, -0.05) is 115 Å². The van der Waals surface area contributed by atoms with Gasteiger partial charge in [-0.3, -0.25) is 0 Å². The monoisotopic (exact) mass is 676 g/mol. The first-order valence-electron chi connectivity index (χ1n) is 18.1. The van der Waals surface area contributed by atoms with Crippen LogP contribution in [0.15, 0.2) is 199 Å². The Hall–Kier alpha value is -7.10. The molecule has 2 heterocycles. The lowest BCUT2D eigenvalue weighted by Gasteiger charge is -2.28. The van der Waals surface area contributed by atoms with Gasteiger partial charge in [-0.05, 0) is 106 Å². The van der Waals surface area contributed by atoms with E-state index in [4.69, 9.17) is 4.42 Å². The van der Waals surface area contributed by atoms with Gasteiger partial charge in [0.1, 0.15) is 11.2 Å². The average Bonchev–Trinajstić information content (AvgIpc) is 3.75. The Morgan fingerprint density at radius 2 is 0.962 bits per heavy atom. The first-order valence-corrected chi connectivity index (χ1v) is 18.1. The number of hydrogen-bond acceptors (Lipinski definition) is 2. The van der Waals surface area contributed by atoms with Crippen LogP contribution < -0.4 is 4.90 Å². The molecule has 0 fully saturated rings. The number of anilines is 3. The Labute approximate surface area is 306 Å². The summed E-state index contributed by atoms with van der Waals surface area (Å²) in [5.74, 6) is 0. The molecule has 11 aromatic rings. The molecule has 248 valence electrons. The van der Waals surface area contributed by atoms with Crippen molar-refractivity contribution in [1.29, 1.82) is 0 Å². The Morgan fingerprint density at radius 1 is 0.358 bits per heavy atom. The number of nitrogens with zero attached hydrogens (tertiary/aromatic N) is 2. The van der Waals surface area contributed by atoms with Crippen molar-refractivity contribution in [2.24, 2.45) is 0 Å². The maximum Gasteiger partial charge on any atom is 0.136 e. The normalized spacial score (nSPS) is 11.8. The van der Waals surface area contributed by atoms with Crippen molar-refractivity contribution in [2.45, 2.75) is 0 Å². The molecule has 3 heteroatoms. The lowest BCUT2D eigenvalue weighted by molar-refractivity contribution is 0.669. The first-order chi connectivity index (χ1) is 26.3. The smallest absolute Gasteiger partial charge is 0.136 e. The van der Waals surface area contributed by atoms with E-state index in [1.54, 1.807) is 0 Å². The molecule has 0 amide bonds. The van der Waals surface area contributed by atoms with E-state index in [1.165, 1.54) is 54.5 Å². The predicted octanol–water partition coefficient (Wildman–Crippen LogP) is 14.1. The molecule has 0 radical (unpaired) electrons. The highest BCUT2D eigenvalue weighted by molar-refractivity contribution is 6.13. The molecule has 0 atom stereocenters. The van der Waals surface area contributed by atoms with E-state index in [0.717, 1.165) is 44.7 Å². The van der Waals surface area contributed by atoms with Crippen LogP contribution in [-0.4, -0.2) is 4.57 Å². The van der Waals surface area contributed by atoms with Gasteiger partial charge < -0.3 is 13.9 Å². The summed E-state index contributed by atoms with van der Waals surface area (Å²) in [5.41, 5.74) is 10.9. The van der Waals surface area contributed by atoms with Crippen molar-refractivity contribution < 1.29 is 4.42 Å². The second-order valence-corrected chi connectivity index (χ2v) is 13.8. The fraction of sp³-hybridized carbons (Fsp3) is 0. The molecule has 2 aromatic heterocycles. The summed E-state index contributed by atoms with van der Waals surface area (Å²) in [6, 6.07) is 69.9. The van der Waals surface area contributed by atoms with E-state index < -0.39 is 0 Å². The Bertz CT molecular complexity index is 3170. The summed E-state index contributed by atoms with van der Waals surface area (Å²) in [6.07, 6.45) is 0. The number of para-hydroxylation sites is 2. The van der Waals surface area contributed by atoms with Crippen molar-refractivity contribution in [3.8, 4) is 16.8 Å². The van der Waals surface area contributed by atoms with Gasteiger partial charge in [-0.25, -0.2) is 0 Å². The number of aromatic nitrogens is 1. The molecular formula is C50H32N2O. The van der Waals surface area contributed by atoms with Gasteiger partial charge in [0, 0.05) is 44.0 Å². The van der Waals surface area contributed by atoms with Crippen LogP contribution in [0.4, 0.5) is 17.1 Å². The Morgan fingerprint density at radius 3 is 1.77 bits per heavy atom. The highest BCUT2D eigenvalue weighted by atomic mass is 16.3. The van der Waals surface area contributed by atoms with E-state index in [1.807, 2.05) is 0 Å². The lowest BCUT2D eigenvalue weighted by atomic mass is 9.98. The van der Waals surface area contributed by atoms with Crippen molar-refractivity contribution in [2.75, 3.05) is 4.90 Å². The van der Waals surface area contributed by atoms with Gasteiger partial charge in [0.05, 0.1) is 16.7 Å². The fourth-order valence-electron chi connectivity index (χ4n) is 8.24. The fourth-order valence-corrected chi connectivity index (χ4v) is 8.24. The molecule has 0 unspecified atom stereocenters. The number of fused-ring (bicyclic) bond motifs is 8. The molecule has 0 saturated heterocycles. The molecule has 3 nitrogen and oxygen atoms in total. The zero-order valence-electron chi connectivity index (χ0n) is 28.8. The number of hydrogen-bond donors (Lipinski definition) is 0. The van der Waals surface area contributed by atoms with E-state index >= 15 is 0 Å². The maximum atomic E-state index is 6.48. The standard InChI is InChI=1S/C50H32N2O/c1-3-13-33(14-4-1)37-27-36-17-9-10-20-41(36)48(29-37)51(40-24-26-49-45(32-40)44-28-34-15-7-8-16-35(34)30-50(44)53-49)39-23-25-47-43(31-39)42-21-11-12-22-46(42)52(47)38-18-5-2-6-19-38/h1-32H. The van der Waals surface area contributed by atoms with Gasteiger partial charge in [0.2, 0.25) is 0 Å². The second-order valence-electron chi connectivity index (χ2n) is 13.8. The summed E-state index contributed by atoms with van der Waals surface area (Å²) in [7, 11) is 0. The first kappa shape index (κ1) is 29.6. The molecule has 11 rings (SSSR count). The third-order valence-electron chi connectivity index (χ3n) is 10.7. The van der Waals surface area contributed by atoms with Crippen LogP contribution in [0.3, 0.4) is 0 Å². The van der Waals surface area contributed by atoms with E-state index in [-0.39, 0.29) is 0 Å². The van der Waals surface area contributed by atoms with Gasteiger partial charge in [0.15, 0.2) is 0 Å². The third kappa shape index (κ3) is 4.75. The molecule has 0 bridgehead atoms. The largest absolute Gasteiger partial charge is 0.456 e. The quantitative estimate of drug-likeness (QED) is 0.181. The Balaban J connectivity index is 1.21. The highest BCUT2D eigenvalue weighted by Crippen LogP contribution is 2.45. The minimum absolute atomic E-state index is 0.878. The van der Waals surface area contributed by atoms with Crippen molar-refractivity contribution >= 4 is 82.4 Å². The van der Waals surface area contributed by atoms with Crippen LogP contribution in [0.5, 0.6) is 0 Å². The zero-order valence-corrected chi connectivity index (χ0v) is 28.8. The average molecular weight is 677 g/mol. The van der Waals surface area contributed by atoms with Crippen LogP contribution in [0.1, 0.15) is 0 Å². The van der Waals surface area contributed by atoms with Gasteiger partial charge >= 0.3 is 0 Å². The van der Waals surface area contributed by atoms with Crippen LogP contribution in [0.25, 0.3) is 82.1 Å². The minimum atomic E-state index is 0.878. The summed E-state index contributed by atoms with van der Waals surface area (Å²) < 4.78 is 8.86. The van der Waals surface area contributed by atoms with Crippen LogP contribution in [-0.2, 0) is 0 Å². The number of rotatable bonds is 5. The van der Waals surface area contributed by atoms with Crippen molar-refractivity contribution in [3.63, 3.8) is 0 Å². The molecule has 0 aliphatic carbocycles. The van der Waals surface area contributed by atoms with Crippen molar-refractivity contribution in [3.05, 3.63) is 194 Å². The van der Waals surface area contributed by atoms with E-state index in [2.05, 4.69) is 204 Å². The van der Waals surface area contributed by atoms with Crippen LogP contribution in [0.2, 0.25) is 0 Å². The zero-order chi connectivity index (χ0) is 34.9. The molecule has 9 aromatic carbocycles. The summed E-state index contributed by atoms with van der Waals surface area (Å²) >= 11 is 0. The summed E-state index contributed by atoms with van der Waals surface area (Å²) in [4.78, 5) is 2.43. The SMILES string of the molecule is c1ccc(-c2cc(N(c3ccc4oc5cc6ccccc6cc5c4c3)c3ccc4c(c3)c3ccccc3n4-c3ccccc3)c3ccccc3c2)cc1. The van der Waals surface area contributed by atoms with E-state index in [9.17, 15) is 0 Å². The second kappa shape index (κ2) is 11.7. The van der Waals surface area contributed by atoms with Crippen LogP contribution >= 0.6 is 0 Å². The summed E-state index contributed by atoms with van der Waals surface area (Å²) in [6.45, 7) is 0.